The first kappa shape index (κ1) is 22.4. The van der Waals surface area contributed by atoms with Crippen molar-refractivity contribution >= 4 is 27.6 Å². The van der Waals surface area contributed by atoms with Gasteiger partial charge in [-0.2, -0.15) is 13.2 Å². The summed E-state index contributed by atoms with van der Waals surface area (Å²) in [7, 11) is -4.10. The fourth-order valence-corrected chi connectivity index (χ4v) is 3.36. The van der Waals surface area contributed by atoms with Crippen LogP contribution in [0.15, 0.2) is 41.3 Å². The Morgan fingerprint density at radius 2 is 1.76 bits per heavy atom. The molecule has 2 aromatic carbocycles. The summed E-state index contributed by atoms with van der Waals surface area (Å²) in [4.78, 5) is 23.8. The Bertz CT molecular complexity index is 1070. The van der Waals surface area contributed by atoms with Crippen LogP contribution in [-0.2, 0) is 25.7 Å². The van der Waals surface area contributed by atoms with Crippen molar-refractivity contribution < 1.29 is 35.9 Å². The molecule has 29 heavy (non-hydrogen) atoms. The highest BCUT2D eigenvalue weighted by atomic mass is 32.2. The molecule has 3 N–H and O–H groups in total. The van der Waals surface area contributed by atoms with Crippen LogP contribution in [-0.4, -0.2) is 26.9 Å². The summed E-state index contributed by atoms with van der Waals surface area (Å²) >= 11 is 0. The number of anilines is 1. The zero-order valence-corrected chi connectivity index (χ0v) is 16.1. The van der Waals surface area contributed by atoms with Crippen LogP contribution in [0.2, 0.25) is 0 Å². The highest BCUT2D eigenvalue weighted by molar-refractivity contribution is 7.89. The molecule has 0 fully saturated rings. The fraction of sp³-hybridized carbons (Fsp3) is 0.222. The van der Waals surface area contributed by atoms with E-state index in [4.69, 9.17) is 9.88 Å². The van der Waals surface area contributed by atoms with Gasteiger partial charge in [-0.3, -0.25) is 4.79 Å². The van der Waals surface area contributed by atoms with E-state index in [1.165, 1.54) is 25.1 Å². The Morgan fingerprint density at radius 1 is 1.14 bits per heavy atom. The van der Waals surface area contributed by atoms with Crippen molar-refractivity contribution in [3.05, 3.63) is 58.7 Å². The van der Waals surface area contributed by atoms with Crippen LogP contribution in [0.1, 0.15) is 27.0 Å². The Kier molecular flexibility index (Phi) is 6.34. The molecular formula is C18H17F3N2O5S. The lowest BCUT2D eigenvalue weighted by Crippen LogP contribution is -2.23. The van der Waals surface area contributed by atoms with Gasteiger partial charge in [0.15, 0.2) is 6.61 Å². The molecule has 0 aliphatic carbocycles. The van der Waals surface area contributed by atoms with E-state index in [1.807, 2.05) is 5.32 Å². The number of nitrogens with two attached hydrogens (primary N) is 1. The second-order valence-electron chi connectivity index (χ2n) is 6.13. The lowest BCUT2D eigenvalue weighted by atomic mass is 10.1. The van der Waals surface area contributed by atoms with Crippen molar-refractivity contribution in [2.24, 2.45) is 5.14 Å². The number of para-hydroxylation sites is 1. The van der Waals surface area contributed by atoms with Gasteiger partial charge in [-0.25, -0.2) is 18.4 Å². The first-order chi connectivity index (χ1) is 13.3. The van der Waals surface area contributed by atoms with Gasteiger partial charge < -0.3 is 10.1 Å². The minimum absolute atomic E-state index is 0.166. The Morgan fingerprint density at radius 3 is 2.34 bits per heavy atom. The van der Waals surface area contributed by atoms with Gasteiger partial charge in [-0.05, 0) is 49.2 Å². The quantitative estimate of drug-likeness (QED) is 0.708. The minimum atomic E-state index is -4.68. The average molecular weight is 430 g/mol. The predicted molar refractivity (Wildman–Crippen MR) is 97.6 cm³/mol. The molecule has 0 spiro atoms. The molecule has 7 nitrogen and oxygen atoms in total. The summed E-state index contributed by atoms with van der Waals surface area (Å²) in [6.07, 6.45) is -4.68. The zero-order chi connectivity index (χ0) is 22.0. The molecule has 0 bridgehead atoms. The number of nitrogens with one attached hydrogen (secondary N) is 1. The van der Waals surface area contributed by atoms with E-state index in [1.54, 1.807) is 6.92 Å². The molecule has 0 saturated carbocycles. The van der Waals surface area contributed by atoms with Crippen LogP contribution >= 0.6 is 0 Å². The van der Waals surface area contributed by atoms with Crippen molar-refractivity contribution in [3.8, 4) is 0 Å². The van der Waals surface area contributed by atoms with E-state index in [-0.39, 0.29) is 10.5 Å². The second kappa shape index (κ2) is 8.21. The predicted octanol–water partition coefficient (Wildman–Crippen LogP) is 2.77. The monoisotopic (exact) mass is 430 g/mol. The number of amides is 1. The maximum absolute atomic E-state index is 12.9. The van der Waals surface area contributed by atoms with Gasteiger partial charge in [0.25, 0.3) is 5.91 Å². The molecule has 2 rings (SSSR count). The van der Waals surface area contributed by atoms with Gasteiger partial charge in [0.1, 0.15) is 0 Å². The minimum Gasteiger partial charge on any atom is -0.452 e. The number of aryl methyl sites for hydroxylation is 1. The molecule has 2 aromatic rings. The summed E-state index contributed by atoms with van der Waals surface area (Å²) in [6, 6.07) is 6.69. The standard InChI is InChI=1S/C18H17F3N2O5S/c1-10-7-12(8-15(11(10)2)29(22,26)27)17(25)28-9-16(24)23-14-6-4-3-5-13(14)18(19,20)21/h3-8H,9H2,1-2H3,(H,23,24)(H2,22,26,27). The van der Waals surface area contributed by atoms with Crippen molar-refractivity contribution in [3.63, 3.8) is 0 Å². The number of sulfonamides is 1. The molecule has 156 valence electrons. The molecule has 1 amide bonds. The third-order valence-electron chi connectivity index (χ3n) is 4.00. The first-order valence-electron chi connectivity index (χ1n) is 8.08. The topological polar surface area (TPSA) is 116 Å². The zero-order valence-electron chi connectivity index (χ0n) is 15.3. The van der Waals surface area contributed by atoms with E-state index >= 15 is 0 Å². The lowest BCUT2D eigenvalue weighted by molar-refractivity contribution is -0.137. The second-order valence-corrected chi connectivity index (χ2v) is 7.66. The van der Waals surface area contributed by atoms with Crippen molar-refractivity contribution in [2.75, 3.05) is 11.9 Å². The number of alkyl halides is 3. The summed E-state index contributed by atoms with van der Waals surface area (Å²) in [5, 5.41) is 7.14. The number of esters is 1. The largest absolute Gasteiger partial charge is 0.452 e. The summed E-state index contributed by atoms with van der Waals surface area (Å²) < 4.78 is 66.9. The molecule has 0 aliphatic rings. The Balaban J connectivity index is 2.13. The number of hydrogen-bond donors (Lipinski definition) is 2. The van der Waals surface area contributed by atoms with Crippen LogP contribution in [0, 0.1) is 13.8 Å². The number of carbonyl (C=O) groups is 2. The number of primary sulfonamides is 1. The van der Waals surface area contributed by atoms with Crippen molar-refractivity contribution in [1.82, 2.24) is 0 Å². The van der Waals surface area contributed by atoms with E-state index in [0.717, 1.165) is 18.2 Å². The molecule has 11 heteroatoms. The lowest BCUT2D eigenvalue weighted by Gasteiger charge is -2.14. The third kappa shape index (κ3) is 5.55. The molecule has 0 atom stereocenters. The smallest absolute Gasteiger partial charge is 0.418 e. The molecule has 0 saturated heterocycles. The van der Waals surface area contributed by atoms with E-state index in [0.29, 0.717) is 11.1 Å². The molecule has 0 aromatic heterocycles. The van der Waals surface area contributed by atoms with E-state index < -0.39 is 45.9 Å². The van der Waals surface area contributed by atoms with Crippen molar-refractivity contribution in [1.29, 1.82) is 0 Å². The molecular weight excluding hydrogens is 413 g/mol. The number of ether oxygens (including phenoxy) is 1. The number of carbonyl (C=O) groups excluding carboxylic acids is 2. The SMILES string of the molecule is Cc1cc(C(=O)OCC(=O)Nc2ccccc2C(F)(F)F)cc(S(N)(=O)=O)c1C. The van der Waals surface area contributed by atoms with Gasteiger partial charge >= 0.3 is 12.1 Å². The summed E-state index contributed by atoms with van der Waals surface area (Å²) in [6.45, 7) is 2.19. The van der Waals surface area contributed by atoms with Crippen LogP contribution in [0.3, 0.4) is 0 Å². The van der Waals surface area contributed by atoms with Gasteiger partial charge in [-0.1, -0.05) is 12.1 Å². The molecule has 0 radical (unpaired) electrons. The van der Waals surface area contributed by atoms with Crippen LogP contribution in [0.25, 0.3) is 0 Å². The van der Waals surface area contributed by atoms with Gasteiger partial charge in [0, 0.05) is 0 Å². The normalized spacial score (nSPS) is 11.8. The third-order valence-corrected chi connectivity index (χ3v) is 5.04. The fourth-order valence-electron chi connectivity index (χ4n) is 2.48. The number of halogens is 3. The number of hydrogen-bond acceptors (Lipinski definition) is 5. The van der Waals surface area contributed by atoms with Gasteiger partial charge in [0.05, 0.1) is 21.7 Å². The number of benzene rings is 2. The Labute approximate surface area is 164 Å². The maximum Gasteiger partial charge on any atom is 0.418 e. The van der Waals surface area contributed by atoms with Crippen LogP contribution < -0.4 is 10.5 Å². The summed E-state index contributed by atoms with van der Waals surface area (Å²) in [5.74, 6) is -2.03. The first-order valence-corrected chi connectivity index (χ1v) is 9.62. The number of rotatable bonds is 5. The van der Waals surface area contributed by atoms with Crippen molar-refractivity contribution in [2.45, 2.75) is 24.9 Å². The van der Waals surface area contributed by atoms with E-state index in [9.17, 15) is 31.2 Å². The summed E-state index contributed by atoms with van der Waals surface area (Å²) in [5.41, 5.74) is -0.895. The highest BCUT2D eigenvalue weighted by Gasteiger charge is 2.33. The molecule has 0 heterocycles. The maximum atomic E-state index is 12.9. The van der Waals surface area contributed by atoms with Crippen LogP contribution in [0.5, 0.6) is 0 Å². The van der Waals surface area contributed by atoms with E-state index in [2.05, 4.69) is 0 Å². The average Bonchev–Trinajstić information content (AvgIpc) is 2.60. The van der Waals surface area contributed by atoms with Crippen LogP contribution in [0.4, 0.5) is 18.9 Å². The Hall–Kier alpha value is -2.92. The van der Waals surface area contributed by atoms with Gasteiger partial charge in [0.2, 0.25) is 10.0 Å². The van der Waals surface area contributed by atoms with Gasteiger partial charge in [-0.15, -0.1) is 0 Å². The highest BCUT2D eigenvalue weighted by Crippen LogP contribution is 2.34. The molecule has 0 unspecified atom stereocenters. The molecule has 0 aliphatic heterocycles.